The number of hydrogen-bond donors (Lipinski definition) is 1. The molecule has 0 saturated heterocycles. The van der Waals surface area contributed by atoms with E-state index in [1.165, 1.54) is 18.3 Å². The van der Waals surface area contributed by atoms with Gasteiger partial charge in [-0.25, -0.2) is 9.50 Å². The molecule has 2 heterocycles. The number of anilines is 1. The van der Waals surface area contributed by atoms with Crippen LogP contribution in [0.5, 0.6) is 5.75 Å². The third-order valence-electron chi connectivity index (χ3n) is 4.20. The van der Waals surface area contributed by atoms with Crippen LogP contribution in [-0.4, -0.2) is 57.5 Å². The average molecular weight is 382 g/mol. The van der Waals surface area contributed by atoms with Gasteiger partial charge in [0.1, 0.15) is 17.8 Å². The number of nitrogens with one attached hydrogen (secondary N) is 1. The summed E-state index contributed by atoms with van der Waals surface area (Å²) in [6, 6.07) is 6.58. The van der Waals surface area contributed by atoms with Gasteiger partial charge in [-0.15, -0.1) is 0 Å². The average Bonchev–Trinajstić information content (AvgIpc) is 3.14. The first-order valence-electron chi connectivity index (χ1n) is 8.73. The first kappa shape index (κ1) is 19.3. The van der Waals surface area contributed by atoms with Crippen molar-refractivity contribution < 1.29 is 14.3 Å². The molecule has 1 aromatic carbocycles. The molecule has 0 unspecified atom stereocenters. The molecule has 0 aliphatic heterocycles. The van der Waals surface area contributed by atoms with Crippen LogP contribution in [-0.2, 0) is 0 Å². The van der Waals surface area contributed by atoms with E-state index in [2.05, 4.69) is 20.4 Å². The number of methoxy groups -OCH3 is 1. The summed E-state index contributed by atoms with van der Waals surface area (Å²) in [5, 5.41) is 6.93. The van der Waals surface area contributed by atoms with Crippen molar-refractivity contribution in [3.63, 3.8) is 0 Å². The Labute approximate surface area is 162 Å². The molecule has 0 bridgehead atoms. The molecule has 0 aliphatic carbocycles. The lowest BCUT2D eigenvalue weighted by Crippen LogP contribution is -2.23. The lowest BCUT2D eigenvalue weighted by atomic mass is 10.1. The summed E-state index contributed by atoms with van der Waals surface area (Å²) in [5.74, 6) is 0.291. The normalized spacial score (nSPS) is 10.9. The Kier molecular flexibility index (Phi) is 5.25. The summed E-state index contributed by atoms with van der Waals surface area (Å²) >= 11 is 0. The fraction of sp³-hybridized carbons (Fsp3) is 0.316. The van der Waals surface area contributed by atoms with E-state index in [0.717, 1.165) is 5.69 Å². The van der Waals surface area contributed by atoms with Gasteiger partial charge in [-0.1, -0.05) is 13.8 Å². The van der Waals surface area contributed by atoms with Crippen LogP contribution in [0.15, 0.2) is 30.6 Å². The largest absolute Gasteiger partial charge is 0.496 e. The molecule has 0 spiro atoms. The minimum Gasteiger partial charge on any atom is -0.496 e. The molecule has 2 amide bonds. The number of carbonyl (C=O) groups is 2. The third-order valence-corrected chi connectivity index (χ3v) is 4.20. The zero-order valence-electron chi connectivity index (χ0n) is 16.4. The van der Waals surface area contributed by atoms with Gasteiger partial charge < -0.3 is 15.0 Å². The first-order chi connectivity index (χ1) is 13.3. The number of aromatic nitrogens is 4. The van der Waals surface area contributed by atoms with E-state index in [1.807, 2.05) is 13.8 Å². The maximum absolute atomic E-state index is 12.8. The Morgan fingerprint density at radius 2 is 1.96 bits per heavy atom. The fourth-order valence-electron chi connectivity index (χ4n) is 2.75. The monoisotopic (exact) mass is 382 g/mol. The smallest absolute Gasteiger partial charge is 0.274 e. The molecule has 0 radical (unpaired) electrons. The maximum atomic E-state index is 12.8. The van der Waals surface area contributed by atoms with Crippen molar-refractivity contribution in [1.82, 2.24) is 24.5 Å². The molecule has 9 heteroatoms. The number of carbonyl (C=O) groups excluding carboxylic acids is 2. The van der Waals surface area contributed by atoms with Gasteiger partial charge in [-0.2, -0.15) is 10.1 Å². The van der Waals surface area contributed by atoms with E-state index in [4.69, 9.17) is 4.74 Å². The van der Waals surface area contributed by atoms with Gasteiger partial charge in [-0.3, -0.25) is 9.59 Å². The van der Waals surface area contributed by atoms with Crippen LogP contribution in [0.2, 0.25) is 0 Å². The third kappa shape index (κ3) is 3.64. The Morgan fingerprint density at radius 1 is 1.21 bits per heavy atom. The highest BCUT2D eigenvalue weighted by atomic mass is 16.5. The molecule has 0 atom stereocenters. The van der Waals surface area contributed by atoms with Crippen LogP contribution in [0.4, 0.5) is 5.69 Å². The van der Waals surface area contributed by atoms with Gasteiger partial charge in [0.2, 0.25) is 0 Å². The Morgan fingerprint density at radius 3 is 2.61 bits per heavy atom. The molecular weight excluding hydrogens is 360 g/mol. The predicted octanol–water partition coefficient (Wildman–Crippen LogP) is 2.21. The van der Waals surface area contributed by atoms with E-state index in [9.17, 15) is 9.59 Å². The van der Waals surface area contributed by atoms with Gasteiger partial charge in [0.25, 0.3) is 17.6 Å². The molecule has 0 fully saturated rings. The first-order valence-corrected chi connectivity index (χ1v) is 8.73. The highest BCUT2D eigenvalue weighted by Crippen LogP contribution is 2.24. The zero-order valence-corrected chi connectivity index (χ0v) is 16.4. The number of nitrogens with zero attached hydrogens (tertiary/aromatic N) is 5. The second-order valence-corrected chi connectivity index (χ2v) is 6.76. The standard InChI is InChI=1S/C19H22N6O3/c1-11(2)15-9-14(23-19-20-10-21-25(15)19)17(26)22-12-6-7-16(28-5)13(8-12)18(27)24(3)4/h6-11H,1-5H3,(H,22,26). The van der Waals surface area contributed by atoms with Crippen LogP contribution in [0.1, 0.15) is 46.3 Å². The van der Waals surface area contributed by atoms with E-state index in [1.54, 1.807) is 42.9 Å². The van der Waals surface area contributed by atoms with Crippen LogP contribution >= 0.6 is 0 Å². The van der Waals surface area contributed by atoms with E-state index in [-0.39, 0.29) is 17.5 Å². The molecule has 3 rings (SSSR count). The molecule has 3 aromatic rings. The second kappa shape index (κ2) is 7.63. The number of fused-ring (bicyclic) bond motifs is 1. The number of amides is 2. The molecule has 0 saturated carbocycles. The van der Waals surface area contributed by atoms with Crippen molar-refractivity contribution in [3.8, 4) is 5.75 Å². The number of hydrogen-bond acceptors (Lipinski definition) is 6. The highest BCUT2D eigenvalue weighted by Gasteiger charge is 2.18. The molecule has 146 valence electrons. The Hall–Kier alpha value is -3.49. The SMILES string of the molecule is COc1ccc(NC(=O)c2cc(C(C)C)n3ncnc3n2)cc1C(=O)N(C)C. The van der Waals surface area contributed by atoms with Gasteiger partial charge in [0, 0.05) is 19.8 Å². The van der Waals surface area contributed by atoms with Gasteiger partial charge in [0.05, 0.1) is 18.4 Å². The highest BCUT2D eigenvalue weighted by molar-refractivity contribution is 6.04. The van der Waals surface area contributed by atoms with Crippen molar-refractivity contribution in [2.75, 3.05) is 26.5 Å². The minimum absolute atomic E-state index is 0.129. The molecule has 9 nitrogen and oxygen atoms in total. The quantitative estimate of drug-likeness (QED) is 0.726. The van der Waals surface area contributed by atoms with Crippen LogP contribution in [0, 0.1) is 0 Å². The van der Waals surface area contributed by atoms with Gasteiger partial charge in [0.15, 0.2) is 0 Å². The van der Waals surface area contributed by atoms with E-state index >= 15 is 0 Å². The van der Waals surface area contributed by atoms with Crippen molar-refractivity contribution in [2.45, 2.75) is 19.8 Å². The lowest BCUT2D eigenvalue weighted by molar-refractivity contribution is 0.0824. The van der Waals surface area contributed by atoms with Crippen molar-refractivity contribution in [1.29, 1.82) is 0 Å². The van der Waals surface area contributed by atoms with Crippen LogP contribution in [0.3, 0.4) is 0 Å². The van der Waals surface area contributed by atoms with Gasteiger partial charge >= 0.3 is 0 Å². The molecule has 2 aromatic heterocycles. The summed E-state index contributed by atoms with van der Waals surface area (Å²) in [5.41, 5.74) is 1.87. The van der Waals surface area contributed by atoms with Crippen LogP contribution < -0.4 is 10.1 Å². The van der Waals surface area contributed by atoms with Crippen LogP contribution in [0.25, 0.3) is 5.78 Å². The Bertz CT molecular complexity index is 1040. The summed E-state index contributed by atoms with van der Waals surface area (Å²) in [4.78, 5) is 34.9. The predicted molar refractivity (Wildman–Crippen MR) is 104 cm³/mol. The van der Waals surface area contributed by atoms with Gasteiger partial charge in [-0.05, 0) is 30.2 Å². The fourth-order valence-corrected chi connectivity index (χ4v) is 2.75. The maximum Gasteiger partial charge on any atom is 0.274 e. The number of benzene rings is 1. The Balaban J connectivity index is 1.94. The summed E-state index contributed by atoms with van der Waals surface area (Å²) in [7, 11) is 4.79. The number of ether oxygens (including phenoxy) is 1. The molecule has 28 heavy (non-hydrogen) atoms. The molecule has 1 N–H and O–H groups in total. The van der Waals surface area contributed by atoms with E-state index < -0.39 is 5.91 Å². The van der Waals surface area contributed by atoms with Crippen molar-refractivity contribution >= 4 is 23.3 Å². The summed E-state index contributed by atoms with van der Waals surface area (Å²) < 4.78 is 6.87. The summed E-state index contributed by atoms with van der Waals surface area (Å²) in [6.45, 7) is 4.00. The summed E-state index contributed by atoms with van der Waals surface area (Å²) in [6.07, 6.45) is 1.40. The van der Waals surface area contributed by atoms with E-state index in [0.29, 0.717) is 22.8 Å². The topological polar surface area (TPSA) is 102 Å². The zero-order chi connectivity index (χ0) is 20.4. The number of rotatable bonds is 5. The van der Waals surface area contributed by atoms with Crippen molar-refractivity contribution in [2.24, 2.45) is 0 Å². The molecular formula is C19H22N6O3. The lowest BCUT2D eigenvalue weighted by Gasteiger charge is -2.15. The minimum atomic E-state index is -0.402. The second-order valence-electron chi connectivity index (χ2n) is 6.76. The molecule has 0 aliphatic rings. The van der Waals surface area contributed by atoms with Crippen molar-refractivity contribution in [3.05, 3.63) is 47.5 Å².